The zero-order valence-corrected chi connectivity index (χ0v) is 4.39. The fourth-order valence-electron chi connectivity index (χ4n) is 0.501. The maximum atomic E-state index is 10.4. The van der Waals surface area contributed by atoms with Crippen molar-refractivity contribution < 1.29 is 9.53 Å². The number of hydrogen-bond donors (Lipinski definition) is 0. The Hall–Kier alpha value is -1.05. The predicted octanol–water partition coefficient (Wildman–Crippen LogP) is 1.00. The second-order valence-corrected chi connectivity index (χ2v) is 1.60. The summed E-state index contributed by atoms with van der Waals surface area (Å²) in [4.78, 5) is 10.4. The van der Waals surface area contributed by atoms with E-state index in [2.05, 4.69) is 6.58 Å². The van der Waals surface area contributed by atoms with Crippen LogP contribution in [0.2, 0.25) is 0 Å². The van der Waals surface area contributed by atoms with E-state index < -0.39 is 0 Å². The first kappa shape index (κ1) is 5.09. The van der Waals surface area contributed by atoms with E-state index in [0.29, 0.717) is 12.2 Å². The lowest BCUT2D eigenvalue weighted by Gasteiger charge is -2.05. The van der Waals surface area contributed by atoms with Crippen LogP contribution in [0.4, 0.5) is 0 Å². The van der Waals surface area contributed by atoms with E-state index in [1.807, 2.05) is 0 Å². The fraction of sp³-hybridized carbons (Fsp3) is 0.167. The highest BCUT2D eigenvalue weighted by Gasteiger charge is 2.04. The first-order valence-corrected chi connectivity index (χ1v) is 2.33. The molecule has 0 atom stereocenters. The molecule has 2 heteroatoms. The average Bonchev–Trinajstić information content (AvgIpc) is 1.64. The summed E-state index contributed by atoms with van der Waals surface area (Å²) in [5.74, 6) is 0.582. The summed E-state index contributed by atoms with van der Waals surface area (Å²) in [6.45, 7) is 3.47. The van der Waals surface area contributed by atoms with Gasteiger partial charge in [0.1, 0.15) is 5.76 Å². The Morgan fingerprint density at radius 1 is 1.75 bits per heavy atom. The molecule has 0 spiro atoms. The maximum Gasteiger partial charge on any atom is 0.166 e. The summed E-state index contributed by atoms with van der Waals surface area (Å²) in [6.07, 6.45) is 3.08. The van der Waals surface area contributed by atoms with Crippen LogP contribution in [-0.2, 0) is 9.53 Å². The van der Waals surface area contributed by atoms with Gasteiger partial charge >= 0.3 is 0 Å². The van der Waals surface area contributed by atoms with Gasteiger partial charge in [-0.2, -0.15) is 0 Å². The van der Waals surface area contributed by atoms with E-state index >= 15 is 0 Å². The molecule has 1 heterocycles. The third kappa shape index (κ3) is 0.964. The van der Waals surface area contributed by atoms with Crippen molar-refractivity contribution in [2.45, 2.75) is 6.42 Å². The lowest BCUT2D eigenvalue weighted by Crippen LogP contribution is -2.00. The number of hydrogen-bond acceptors (Lipinski definition) is 2. The molecule has 0 aromatic rings. The van der Waals surface area contributed by atoms with Crippen LogP contribution < -0.4 is 0 Å². The van der Waals surface area contributed by atoms with Gasteiger partial charge in [-0.3, -0.25) is 4.79 Å². The molecule has 8 heavy (non-hydrogen) atoms. The number of ether oxygens (including phenoxy) is 1. The van der Waals surface area contributed by atoms with Gasteiger partial charge < -0.3 is 4.74 Å². The third-order valence-corrected chi connectivity index (χ3v) is 0.860. The molecule has 0 aromatic heterocycles. The normalized spacial score (nSPS) is 18.5. The molecule has 0 saturated heterocycles. The van der Waals surface area contributed by atoms with E-state index in [1.54, 1.807) is 0 Å². The van der Waals surface area contributed by atoms with E-state index in [1.165, 1.54) is 12.3 Å². The van der Waals surface area contributed by atoms with Crippen molar-refractivity contribution in [2.75, 3.05) is 0 Å². The van der Waals surface area contributed by atoms with Crippen molar-refractivity contribution in [3.8, 4) is 0 Å². The van der Waals surface area contributed by atoms with Crippen molar-refractivity contribution in [1.29, 1.82) is 0 Å². The molecular formula is C6H6O2. The van der Waals surface area contributed by atoms with E-state index in [4.69, 9.17) is 4.74 Å². The van der Waals surface area contributed by atoms with Gasteiger partial charge in [-0.15, -0.1) is 0 Å². The van der Waals surface area contributed by atoms with Gasteiger partial charge in [0.2, 0.25) is 0 Å². The number of ketones is 1. The van der Waals surface area contributed by atoms with Crippen molar-refractivity contribution >= 4 is 5.78 Å². The van der Waals surface area contributed by atoms with Crippen LogP contribution in [0.1, 0.15) is 6.42 Å². The molecule has 0 aliphatic carbocycles. The zero-order chi connectivity index (χ0) is 5.98. The Bertz CT molecular complexity index is 156. The summed E-state index contributed by atoms with van der Waals surface area (Å²) >= 11 is 0. The SMILES string of the molecule is C=C1CC(=O)C=CO1. The zero-order valence-electron chi connectivity index (χ0n) is 4.39. The van der Waals surface area contributed by atoms with Gasteiger partial charge in [0.15, 0.2) is 5.78 Å². The van der Waals surface area contributed by atoms with Gasteiger partial charge in [0.25, 0.3) is 0 Å². The Morgan fingerprint density at radius 2 is 2.50 bits per heavy atom. The summed E-state index contributed by atoms with van der Waals surface area (Å²) in [5.41, 5.74) is 0. The van der Waals surface area contributed by atoms with E-state index in [0.717, 1.165) is 0 Å². The number of rotatable bonds is 0. The van der Waals surface area contributed by atoms with Gasteiger partial charge in [-0.25, -0.2) is 0 Å². The average molecular weight is 110 g/mol. The molecule has 2 nitrogen and oxygen atoms in total. The predicted molar refractivity (Wildman–Crippen MR) is 29.0 cm³/mol. The van der Waals surface area contributed by atoms with E-state index in [9.17, 15) is 4.79 Å². The number of allylic oxidation sites excluding steroid dienone is 2. The molecule has 0 saturated carbocycles. The Labute approximate surface area is 47.5 Å². The molecule has 0 amide bonds. The first-order valence-electron chi connectivity index (χ1n) is 2.33. The minimum Gasteiger partial charge on any atom is -0.469 e. The minimum absolute atomic E-state index is 0.0567. The number of carbonyl (C=O) groups is 1. The van der Waals surface area contributed by atoms with Crippen LogP contribution >= 0.6 is 0 Å². The second-order valence-electron chi connectivity index (χ2n) is 1.60. The molecule has 0 N–H and O–H groups in total. The maximum absolute atomic E-state index is 10.4. The molecule has 1 aliphatic rings. The molecule has 42 valence electrons. The Balaban J connectivity index is 2.68. The molecule has 0 radical (unpaired) electrons. The van der Waals surface area contributed by atoms with Crippen LogP contribution in [-0.4, -0.2) is 5.78 Å². The molecule has 0 unspecified atom stereocenters. The number of carbonyl (C=O) groups excluding carboxylic acids is 1. The standard InChI is InChI=1S/C6H6O2/c1-5-4-6(7)2-3-8-5/h2-3H,1,4H2. The van der Waals surface area contributed by atoms with Crippen LogP contribution in [0.15, 0.2) is 24.7 Å². The highest BCUT2D eigenvalue weighted by atomic mass is 16.5. The molecule has 0 bridgehead atoms. The second kappa shape index (κ2) is 1.82. The Morgan fingerprint density at radius 3 is 2.88 bits per heavy atom. The lowest BCUT2D eigenvalue weighted by atomic mass is 10.2. The summed E-state index contributed by atoms with van der Waals surface area (Å²) in [5, 5.41) is 0. The molecule has 0 aromatic carbocycles. The highest BCUT2D eigenvalue weighted by molar-refractivity contribution is 5.91. The van der Waals surface area contributed by atoms with Crippen LogP contribution in [0.25, 0.3) is 0 Å². The van der Waals surface area contributed by atoms with E-state index in [-0.39, 0.29) is 5.78 Å². The monoisotopic (exact) mass is 110 g/mol. The Kier molecular flexibility index (Phi) is 1.16. The fourth-order valence-corrected chi connectivity index (χ4v) is 0.501. The van der Waals surface area contributed by atoms with Gasteiger partial charge in [0, 0.05) is 6.08 Å². The molecule has 1 aliphatic heterocycles. The van der Waals surface area contributed by atoms with Crippen molar-refractivity contribution in [3.05, 3.63) is 24.7 Å². The summed E-state index contributed by atoms with van der Waals surface area (Å²) in [6, 6.07) is 0. The molecule has 1 rings (SSSR count). The largest absolute Gasteiger partial charge is 0.469 e. The smallest absolute Gasteiger partial charge is 0.166 e. The molecule has 0 fully saturated rings. The van der Waals surface area contributed by atoms with Crippen molar-refractivity contribution in [3.63, 3.8) is 0 Å². The quantitative estimate of drug-likeness (QED) is 0.465. The van der Waals surface area contributed by atoms with Gasteiger partial charge in [-0.1, -0.05) is 6.58 Å². The van der Waals surface area contributed by atoms with Crippen LogP contribution in [0.3, 0.4) is 0 Å². The van der Waals surface area contributed by atoms with Crippen molar-refractivity contribution in [1.82, 2.24) is 0 Å². The van der Waals surface area contributed by atoms with Crippen LogP contribution in [0, 0.1) is 0 Å². The van der Waals surface area contributed by atoms with Crippen LogP contribution in [0.5, 0.6) is 0 Å². The van der Waals surface area contributed by atoms with Gasteiger partial charge in [-0.05, 0) is 0 Å². The first-order chi connectivity index (χ1) is 3.79. The summed E-state index contributed by atoms with van der Waals surface area (Å²) in [7, 11) is 0. The topological polar surface area (TPSA) is 26.3 Å². The third-order valence-electron chi connectivity index (χ3n) is 0.860. The van der Waals surface area contributed by atoms with Crippen molar-refractivity contribution in [2.24, 2.45) is 0 Å². The lowest BCUT2D eigenvalue weighted by molar-refractivity contribution is -0.115. The van der Waals surface area contributed by atoms with Gasteiger partial charge in [0.05, 0.1) is 12.7 Å². The minimum atomic E-state index is 0.0567. The molecular weight excluding hydrogens is 104 g/mol. The highest BCUT2D eigenvalue weighted by Crippen LogP contribution is 2.07. The summed E-state index contributed by atoms with van der Waals surface area (Å²) < 4.78 is 4.75.